The van der Waals surface area contributed by atoms with E-state index in [1.165, 1.54) is 13.0 Å². The van der Waals surface area contributed by atoms with Crippen LogP contribution in [0.4, 0.5) is 18.9 Å². The van der Waals surface area contributed by atoms with Gasteiger partial charge in [0.25, 0.3) is 5.91 Å². The van der Waals surface area contributed by atoms with Crippen LogP contribution in [0.25, 0.3) is 0 Å². The standard InChI is InChI=1S/C15H13F3N2O2/c1-8-6-10(4-5-12(8)15(16,17)18)20-14(22)11(7-19)13(21)9-2-3-9/h4-6,9,21H,2-3H2,1H3,(H,20,22)/b13-11+. The van der Waals surface area contributed by atoms with E-state index >= 15 is 0 Å². The van der Waals surface area contributed by atoms with Crippen molar-refractivity contribution in [3.8, 4) is 6.07 Å². The van der Waals surface area contributed by atoms with E-state index in [2.05, 4.69) is 5.32 Å². The molecule has 116 valence electrons. The number of halogens is 3. The van der Waals surface area contributed by atoms with Crippen LogP contribution in [0.15, 0.2) is 29.5 Å². The summed E-state index contributed by atoms with van der Waals surface area (Å²) in [6, 6.07) is 4.77. The molecule has 0 unspecified atom stereocenters. The van der Waals surface area contributed by atoms with Crippen LogP contribution in [-0.2, 0) is 11.0 Å². The van der Waals surface area contributed by atoms with Gasteiger partial charge in [-0.25, -0.2) is 0 Å². The first-order chi connectivity index (χ1) is 10.2. The molecule has 1 saturated carbocycles. The summed E-state index contributed by atoms with van der Waals surface area (Å²) in [5, 5.41) is 21.0. The molecular weight excluding hydrogens is 297 g/mol. The van der Waals surface area contributed by atoms with E-state index in [9.17, 15) is 23.1 Å². The molecule has 22 heavy (non-hydrogen) atoms. The van der Waals surface area contributed by atoms with Crippen molar-refractivity contribution >= 4 is 11.6 Å². The van der Waals surface area contributed by atoms with Crippen molar-refractivity contribution in [2.75, 3.05) is 5.32 Å². The van der Waals surface area contributed by atoms with Gasteiger partial charge in [0, 0.05) is 11.6 Å². The van der Waals surface area contributed by atoms with E-state index in [4.69, 9.17) is 5.26 Å². The summed E-state index contributed by atoms with van der Waals surface area (Å²) < 4.78 is 38.0. The summed E-state index contributed by atoms with van der Waals surface area (Å²) in [6.07, 6.45) is -3.04. The van der Waals surface area contributed by atoms with Crippen molar-refractivity contribution < 1.29 is 23.1 Å². The van der Waals surface area contributed by atoms with Gasteiger partial charge in [-0.1, -0.05) is 0 Å². The smallest absolute Gasteiger partial charge is 0.416 e. The molecule has 0 heterocycles. The van der Waals surface area contributed by atoms with Crippen molar-refractivity contribution in [2.45, 2.75) is 25.9 Å². The van der Waals surface area contributed by atoms with Crippen molar-refractivity contribution in [3.63, 3.8) is 0 Å². The molecule has 1 amide bonds. The Morgan fingerprint density at radius 1 is 1.41 bits per heavy atom. The summed E-state index contributed by atoms with van der Waals surface area (Å²) in [5.41, 5.74) is -1.10. The van der Waals surface area contributed by atoms with Gasteiger partial charge in [0.2, 0.25) is 0 Å². The Morgan fingerprint density at radius 2 is 2.05 bits per heavy atom. The van der Waals surface area contributed by atoms with Crippen LogP contribution in [-0.4, -0.2) is 11.0 Å². The molecule has 2 rings (SSSR count). The summed E-state index contributed by atoms with van der Waals surface area (Å²) in [5.74, 6) is -1.26. The van der Waals surface area contributed by atoms with Gasteiger partial charge in [0.1, 0.15) is 11.8 Å². The number of anilines is 1. The van der Waals surface area contributed by atoms with Gasteiger partial charge in [0.15, 0.2) is 5.57 Å². The molecule has 0 spiro atoms. The third-order valence-corrected chi connectivity index (χ3v) is 3.35. The maximum absolute atomic E-state index is 12.7. The van der Waals surface area contributed by atoms with Gasteiger partial charge >= 0.3 is 6.18 Å². The lowest BCUT2D eigenvalue weighted by Gasteiger charge is -2.12. The zero-order valence-corrected chi connectivity index (χ0v) is 11.7. The number of nitrogens with one attached hydrogen (secondary N) is 1. The Labute approximate surface area is 124 Å². The number of aliphatic hydroxyl groups is 1. The Kier molecular flexibility index (Phi) is 4.13. The van der Waals surface area contributed by atoms with Crippen LogP contribution < -0.4 is 5.32 Å². The predicted molar refractivity (Wildman–Crippen MR) is 72.8 cm³/mol. The molecule has 4 nitrogen and oxygen atoms in total. The van der Waals surface area contributed by atoms with E-state index in [0.29, 0.717) is 12.8 Å². The number of nitrogens with zero attached hydrogens (tertiary/aromatic N) is 1. The fourth-order valence-corrected chi connectivity index (χ4v) is 2.04. The van der Waals surface area contributed by atoms with Crippen molar-refractivity contribution in [1.82, 2.24) is 0 Å². The van der Waals surface area contributed by atoms with Crippen molar-refractivity contribution in [1.29, 1.82) is 5.26 Å². The SMILES string of the molecule is Cc1cc(NC(=O)/C(C#N)=C(/O)C2CC2)ccc1C(F)(F)F. The third-order valence-electron chi connectivity index (χ3n) is 3.35. The average molecular weight is 310 g/mol. The molecule has 0 saturated heterocycles. The minimum atomic E-state index is -4.46. The van der Waals surface area contributed by atoms with Crippen LogP contribution in [0.5, 0.6) is 0 Å². The Morgan fingerprint density at radius 3 is 2.50 bits per heavy atom. The second kappa shape index (κ2) is 5.72. The molecule has 0 bridgehead atoms. The number of aryl methyl sites for hydroxylation is 1. The second-order valence-corrected chi connectivity index (χ2v) is 5.13. The summed E-state index contributed by atoms with van der Waals surface area (Å²) in [4.78, 5) is 11.9. The highest BCUT2D eigenvalue weighted by molar-refractivity contribution is 6.07. The number of nitriles is 1. The number of carbonyl (C=O) groups is 1. The van der Waals surface area contributed by atoms with Gasteiger partial charge < -0.3 is 10.4 Å². The predicted octanol–water partition coefficient (Wildman–Crippen LogP) is 3.70. The molecular formula is C15H13F3N2O2. The van der Waals surface area contributed by atoms with Crippen LogP contribution in [0.3, 0.4) is 0 Å². The molecule has 1 aliphatic carbocycles. The molecule has 7 heteroatoms. The number of hydrogen-bond acceptors (Lipinski definition) is 3. The number of benzene rings is 1. The molecule has 2 N–H and O–H groups in total. The normalized spacial score (nSPS) is 15.8. The lowest BCUT2D eigenvalue weighted by Crippen LogP contribution is -2.16. The van der Waals surface area contributed by atoms with E-state index < -0.39 is 23.2 Å². The van der Waals surface area contributed by atoms with Gasteiger partial charge in [-0.05, 0) is 43.5 Å². The first kappa shape index (κ1) is 15.9. The largest absolute Gasteiger partial charge is 0.510 e. The highest BCUT2D eigenvalue weighted by Gasteiger charge is 2.33. The molecule has 1 aromatic rings. The highest BCUT2D eigenvalue weighted by atomic mass is 19.4. The lowest BCUT2D eigenvalue weighted by atomic mass is 10.1. The number of allylic oxidation sites excluding steroid dienone is 1. The van der Waals surface area contributed by atoms with Crippen LogP contribution in [0, 0.1) is 24.2 Å². The minimum absolute atomic E-state index is 0.0424. The quantitative estimate of drug-likeness (QED) is 0.508. The monoisotopic (exact) mass is 310 g/mol. The van der Waals surface area contributed by atoms with E-state index in [1.54, 1.807) is 6.07 Å². The Bertz CT molecular complexity index is 683. The molecule has 0 aliphatic heterocycles. The Hall–Kier alpha value is -2.49. The average Bonchev–Trinajstić information content (AvgIpc) is 3.21. The van der Waals surface area contributed by atoms with Crippen molar-refractivity contribution in [3.05, 3.63) is 40.7 Å². The summed E-state index contributed by atoms with van der Waals surface area (Å²) >= 11 is 0. The van der Waals surface area contributed by atoms with Gasteiger partial charge in [0.05, 0.1) is 5.56 Å². The topological polar surface area (TPSA) is 73.1 Å². The highest BCUT2D eigenvalue weighted by Crippen LogP contribution is 2.37. The maximum Gasteiger partial charge on any atom is 0.416 e. The zero-order chi connectivity index (χ0) is 16.5. The van der Waals surface area contributed by atoms with Gasteiger partial charge in [-0.2, -0.15) is 18.4 Å². The number of amides is 1. The number of alkyl halides is 3. The molecule has 1 fully saturated rings. The number of carbonyl (C=O) groups excluding carboxylic acids is 1. The molecule has 0 aromatic heterocycles. The van der Waals surface area contributed by atoms with Crippen LogP contribution >= 0.6 is 0 Å². The maximum atomic E-state index is 12.7. The Balaban J connectivity index is 2.21. The molecule has 1 aromatic carbocycles. The van der Waals surface area contributed by atoms with Crippen LogP contribution in [0.2, 0.25) is 0 Å². The van der Waals surface area contributed by atoms with Gasteiger partial charge in [-0.3, -0.25) is 4.79 Å². The van der Waals surface area contributed by atoms with E-state index in [-0.39, 0.29) is 22.9 Å². The molecule has 0 radical (unpaired) electrons. The number of rotatable bonds is 3. The van der Waals surface area contributed by atoms with E-state index in [0.717, 1.165) is 12.1 Å². The second-order valence-electron chi connectivity index (χ2n) is 5.13. The minimum Gasteiger partial charge on any atom is -0.510 e. The van der Waals surface area contributed by atoms with Gasteiger partial charge in [-0.15, -0.1) is 0 Å². The summed E-state index contributed by atoms with van der Waals surface area (Å²) in [6.45, 7) is 1.28. The summed E-state index contributed by atoms with van der Waals surface area (Å²) in [7, 11) is 0. The number of hydrogen-bond donors (Lipinski definition) is 2. The number of aliphatic hydroxyl groups excluding tert-OH is 1. The lowest BCUT2D eigenvalue weighted by molar-refractivity contribution is -0.138. The van der Waals surface area contributed by atoms with E-state index in [1.807, 2.05) is 0 Å². The van der Waals surface area contributed by atoms with Crippen molar-refractivity contribution in [2.24, 2.45) is 5.92 Å². The first-order valence-electron chi connectivity index (χ1n) is 6.56. The molecule has 0 atom stereocenters. The first-order valence-corrected chi connectivity index (χ1v) is 6.56. The fraction of sp³-hybridized carbons (Fsp3) is 0.333. The third kappa shape index (κ3) is 3.39. The zero-order valence-electron chi connectivity index (χ0n) is 11.7. The van der Waals surface area contributed by atoms with Crippen LogP contribution in [0.1, 0.15) is 24.0 Å². The fourth-order valence-electron chi connectivity index (χ4n) is 2.04. The molecule has 1 aliphatic rings.